The van der Waals surface area contributed by atoms with Crippen LogP contribution in [-0.4, -0.2) is 17.2 Å². The second kappa shape index (κ2) is 6.18. The molecule has 0 aromatic heterocycles. The smallest absolute Gasteiger partial charge is 0.226 e. The van der Waals surface area contributed by atoms with E-state index in [0.29, 0.717) is 6.42 Å². The Labute approximate surface area is 105 Å². The van der Waals surface area contributed by atoms with Crippen LogP contribution in [0.2, 0.25) is 0 Å². The van der Waals surface area contributed by atoms with Crippen LogP contribution in [0.3, 0.4) is 0 Å². The molecule has 0 aromatic rings. The van der Waals surface area contributed by atoms with Gasteiger partial charge in [0.05, 0.1) is 0 Å². The van der Waals surface area contributed by atoms with Gasteiger partial charge in [-0.05, 0) is 33.6 Å². The average molecular weight is 241 g/mol. The maximum atomic E-state index is 12.3. The number of carbonyl (C=O) groups is 2. The molecule has 1 unspecified atom stereocenters. The van der Waals surface area contributed by atoms with Gasteiger partial charge in [0.2, 0.25) is 5.91 Å². The van der Waals surface area contributed by atoms with Crippen molar-refractivity contribution >= 4 is 11.7 Å². The van der Waals surface area contributed by atoms with Crippen molar-refractivity contribution in [3.05, 3.63) is 0 Å². The first-order valence-electron chi connectivity index (χ1n) is 6.49. The molecule has 100 valence electrons. The fraction of sp³-hybridized carbons (Fsp3) is 0.857. The molecule has 0 fully saturated rings. The third kappa shape index (κ3) is 5.33. The van der Waals surface area contributed by atoms with Crippen molar-refractivity contribution in [1.82, 2.24) is 5.32 Å². The summed E-state index contributed by atoms with van der Waals surface area (Å²) in [4.78, 5) is 23.4. The Bertz CT molecular complexity index is 284. The van der Waals surface area contributed by atoms with E-state index in [1.807, 2.05) is 27.7 Å². The molecule has 3 heteroatoms. The predicted octanol–water partition coefficient (Wildman–Crippen LogP) is 3.08. The van der Waals surface area contributed by atoms with E-state index in [4.69, 9.17) is 0 Å². The zero-order valence-corrected chi connectivity index (χ0v) is 12.1. The standard InChI is InChI=1S/C14H27NO2/c1-7-9-14(6,8-2)12(17)15-13(4,5)10-11(3)16/h7-10H2,1-6H3,(H,15,17). The molecule has 0 saturated carbocycles. The molecule has 17 heavy (non-hydrogen) atoms. The second-order valence-electron chi connectivity index (χ2n) is 5.88. The molecule has 0 aliphatic carbocycles. The first-order valence-corrected chi connectivity index (χ1v) is 6.49. The van der Waals surface area contributed by atoms with Gasteiger partial charge < -0.3 is 5.32 Å². The number of hydrogen-bond donors (Lipinski definition) is 1. The molecule has 0 aliphatic heterocycles. The Hall–Kier alpha value is -0.860. The maximum Gasteiger partial charge on any atom is 0.226 e. The molecule has 1 atom stereocenters. The lowest BCUT2D eigenvalue weighted by atomic mass is 9.81. The highest BCUT2D eigenvalue weighted by atomic mass is 16.2. The van der Waals surface area contributed by atoms with Gasteiger partial charge in [-0.15, -0.1) is 0 Å². The summed E-state index contributed by atoms with van der Waals surface area (Å²) in [5.74, 6) is 0.164. The lowest BCUT2D eigenvalue weighted by Crippen LogP contribution is -2.50. The molecular formula is C14H27NO2. The van der Waals surface area contributed by atoms with E-state index >= 15 is 0 Å². The number of nitrogens with one attached hydrogen (secondary N) is 1. The lowest BCUT2D eigenvalue weighted by molar-refractivity contribution is -0.133. The summed E-state index contributed by atoms with van der Waals surface area (Å²) < 4.78 is 0. The first kappa shape index (κ1) is 16.1. The van der Waals surface area contributed by atoms with Crippen LogP contribution in [0.15, 0.2) is 0 Å². The minimum absolute atomic E-state index is 0.0631. The van der Waals surface area contributed by atoms with Gasteiger partial charge in [0.1, 0.15) is 5.78 Å². The van der Waals surface area contributed by atoms with Crippen LogP contribution in [0.5, 0.6) is 0 Å². The minimum atomic E-state index is -0.451. The van der Waals surface area contributed by atoms with Crippen molar-refractivity contribution in [3.63, 3.8) is 0 Å². The Kier molecular flexibility index (Phi) is 5.86. The number of ketones is 1. The molecule has 1 amide bonds. The second-order valence-corrected chi connectivity index (χ2v) is 5.88. The van der Waals surface area contributed by atoms with E-state index < -0.39 is 5.54 Å². The van der Waals surface area contributed by atoms with Crippen LogP contribution in [0.1, 0.15) is 67.2 Å². The van der Waals surface area contributed by atoms with Crippen LogP contribution in [0.4, 0.5) is 0 Å². The SMILES string of the molecule is CCCC(C)(CC)C(=O)NC(C)(C)CC(C)=O. The van der Waals surface area contributed by atoms with Crippen molar-refractivity contribution in [2.24, 2.45) is 5.41 Å². The molecule has 0 radical (unpaired) electrons. The largest absolute Gasteiger partial charge is 0.350 e. The van der Waals surface area contributed by atoms with Gasteiger partial charge in [-0.1, -0.05) is 27.2 Å². The number of hydrogen-bond acceptors (Lipinski definition) is 2. The summed E-state index contributed by atoms with van der Waals surface area (Å²) in [6.07, 6.45) is 3.07. The van der Waals surface area contributed by atoms with E-state index in [-0.39, 0.29) is 17.1 Å². The highest BCUT2D eigenvalue weighted by molar-refractivity contribution is 5.84. The summed E-state index contributed by atoms with van der Waals surface area (Å²) in [5.41, 5.74) is -0.768. The minimum Gasteiger partial charge on any atom is -0.350 e. The van der Waals surface area contributed by atoms with Gasteiger partial charge in [-0.25, -0.2) is 0 Å². The van der Waals surface area contributed by atoms with E-state index in [0.717, 1.165) is 19.3 Å². The van der Waals surface area contributed by atoms with Crippen LogP contribution >= 0.6 is 0 Å². The van der Waals surface area contributed by atoms with E-state index in [2.05, 4.69) is 12.2 Å². The van der Waals surface area contributed by atoms with Crippen molar-refractivity contribution in [3.8, 4) is 0 Å². The molecule has 3 nitrogen and oxygen atoms in total. The molecule has 1 N–H and O–H groups in total. The van der Waals surface area contributed by atoms with Crippen LogP contribution in [0.25, 0.3) is 0 Å². The Morgan fingerprint density at radius 1 is 1.12 bits per heavy atom. The first-order chi connectivity index (χ1) is 7.67. The highest BCUT2D eigenvalue weighted by Gasteiger charge is 2.34. The maximum absolute atomic E-state index is 12.3. The molecule has 0 aliphatic rings. The van der Waals surface area contributed by atoms with Crippen molar-refractivity contribution in [2.75, 3.05) is 0 Å². The van der Waals surface area contributed by atoms with E-state index in [1.165, 1.54) is 0 Å². The third-order valence-electron chi connectivity index (χ3n) is 3.27. The molecular weight excluding hydrogens is 214 g/mol. The number of carbonyl (C=O) groups excluding carboxylic acids is 2. The quantitative estimate of drug-likeness (QED) is 0.744. The van der Waals surface area contributed by atoms with Crippen molar-refractivity contribution in [2.45, 2.75) is 72.8 Å². The number of Topliss-reactive ketones (excluding diaryl/α,β-unsaturated/α-hetero) is 1. The topological polar surface area (TPSA) is 46.2 Å². The third-order valence-corrected chi connectivity index (χ3v) is 3.27. The van der Waals surface area contributed by atoms with E-state index in [1.54, 1.807) is 6.92 Å². The summed E-state index contributed by atoms with van der Waals surface area (Å²) in [7, 11) is 0. The lowest BCUT2D eigenvalue weighted by Gasteiger charge is -2.33. The Balaban J connectivity index is 4.66. The molecule has 0 bridgehead atoms. The van der Waals surface area contributed by atoms with Gasteiger partial charge in [0, 0.05) is 17.4 Å². The molecule has 0 spiro atoms. The van der Waals surface area contributed by atoms with Crippen LogP contribution in [0, 0.1) is 5.41 Å². The molecule has 0 rings (SSSR count). The van der Waals surface area contributed by atoms with Crippen LogP contribution in [-0.2, 0) is 9.59 Å². The zero-order chi connectivity index (χ0) is 13.7. The van der Waals surface area contributed by atoms with Gasteiger partial charge in [-0.2, -0.15) is 0 Å². The normalized spacial score (nSPS) is 15.2. The monoisotopic (exact) mass is 241 g/mol. The van der Waals surface area contributed by atoms with Crippen molar-refractivity contribution in [1.29, 1.82) is 0 Å². The van der Waals surface area contributed by atoms with Crippen LogP contribution < -0.4 is 5.32 Å². The van der Waals surface area contributed by atoms with E-state index in [9.17, 15) is 9.59 Å². The molecule has 0 saturated heterocycles. The summed E-state index contributed by atoms with van der Waals surface area (Å²) in [6, 6.07) is 0. The summed E-state index contributed by atoms with van der Waals surface area (Å²) in [6.45, 7) is 11.5. The molecule has 0 aromatic carbocycles. The number of amides is 1. The average Bonchev–Trinajstić information content (AvgIpc) is 2.14. The predicted molar refractivity (Wildman–Crippen MR) is 70.8 cm³/mol. The molecule has 0 heterocycles. The number of rotatable bonds is 7. The Morgan fingerprint density at radius 2 is 1.65 bits per heavy atom. The van der Waals surface area contributed by atoms with Gasteiger partial charge >= 0.3 is 0 Å². The van der Waals surface area contributed by atoms with Gasteiger partial charge in [0.25, 0.3) is 0 Å². The fourth-order valence-electron chi connectivity index (χ4n) is 2.13. The summed E-state index contributed by atoms with van der Waals surface area (Å²) >= 11 is 0. The summed E-state index contributed by atoms with van der Waals surface area (Å²) in [5, 5.41) is 3.00. The van der Waals surface area contributed by atoms with Gasteiger partial charge in [-0.3, -0.25) is 9.59 Å². The Morgan fingerprint density at radius 3 is 2.00 bits per heavy atom. The zero-order valence-electron chi connectivity index (χ0n) is 12.1. The highest BCUT2D eigenvalue weighted by Crippen LogP contribution is 2.28. The van der Waals surface area contributed by atoms with Crippen molar-refractivity contribution < 1.29 is 9.59 Å². The fourth-order valence-corrected chi connectivity index (χ4v) is 2.13. The van der Waals surface area contributed by atoms with Gasteiger partial charge in [0.15, 0.2) is 0 Å².